The number of carbonyl (C=O) groups is 1. The van der Waals surface area contributed by atoms with Gasteiger partial charge in [-0.3, -0.25) is 4.79 Å². The van der Waals surface area contributed by atoms with Crippen molar-refractivity contribution in [3.63, 3.8) is 0 Å². The van der Waals surface area contributed by atoms with Crippen molar-refractivity contribution in [2.45, 2.75) is 32.4 Å². The first-order valence-corrected chi connectivity index (χ1v) is 7.15. The van der Waals surface area contributed by atoms with Crippen LogP contribution in [0, 0.1) is 6.92 Å². The molecule has 0 spiro atoms. The monoisotopic (exact) mass is 282 g/mol. The summed E-state index contributed by atoms with van der Waals surface area (Å²) in [5, 5.41) is 6.18. The fourth-order valence-corrected chi connectivity index (χ4v) is 2.05. The lowest BCUT2D eigenvalue weighted by molar-refractivity contribution is 0.0945. The molecule has 21 heavy (non-hydrogen) atoms. The minimum Gasteiger partial charge on any atom is -0.366 e. The zero-order chi connectivity index (χ0) is 14.7. The van der Waals surface area contributed by atoms with E-state index in [9.17, 15) is 4.79 Å². The zero-order valence-electron chi connectivity index (χ0n) is 12.0. The van der Waals surface area contributed by atoms with E-state index in [0.29, 0.717) is 29.9 Å². The lowest BCUT2D eigenvalue weighted by Crippen LogP contribution is -2.26. The van der Waals surface area contributed by atoms with Crippen LogP contribution in [0.15, 0.2) is 36.4 Å². The molecule has 0 aliphatic heterocycles. The topological polar surface area (TPSA) is 66.9 Å². The van der Waals surface area contributed by atoms with Crippen LogP contribution in [0.25, 0.3) is 0 Å². The second-order valence-electron chi connectivity index (χ2n) is 5.27. The van der Waals surface area contributed by atoms with Gasteiger partial charge in [-0.15, -0.1) is 0 Å². The van der Waals surface area contributed by atoms with Crippen LogP contribution in [-0.4, -0.2) is 21.9 Å². The van der Waals surface area contributed by atoms with E-state index in [2.05, 4.69) is 20.6 Å². The third-order valence-corrected chi connectivity index (χ3v) is 3.30. The second kappa shape index (κ2) is 5.91. The van der Waals surface area contributed by atoms with Crippen molar-refractivity contribution in [1.29, 1.82) is 0 Å². The van der Waals surface area contributed by atoms with Gasteiger partial charge in [-0.05, 0) is 25.3 Å². The number of amides is 1. The summed E-state index contributed by atoms with van der Waals surface area (Å²) in [7, 11) is 0. The van der Waals surface area contributed by atoms with Crippen LogP contribution in [0.5, 0.6) is 0 Å². The Balaban J connectivity index is 1.69. The molecular formula is C16H18N4O. The Kier molecular flexibility index (Phi) is 3.81. The molecule has 1 aliphatic carbocycles. The highest BCUT2D eigenvalue weighted by molar-refractivity contribution is 5.93. The number of nitrogens with one attached hydrogen (secondary N) is 2. The third-order valence-electron chi connectivity index (χ3n) is 3.30. The van der Waals surface area contributed by atoms with Crippen LogP contribution in [0.2, 0.25) is 0 Å². The molecule has 5 nitrogen and oxygen atoms in total. The second-order valence-corrected chi connectivity index (χ2v) is 5.27. The lowest BCUT2D eigenvalue weighted by atomic mass is 10.2. The molecule has 1 saturated carbocycles. The van der Waals surface area contributed by atoms with Crippen molar-refractivity contribution in [2.24, 2.45) is 0 Å². The quantitative estimate of drug-likeness (QED) is 0.883. The molecule has 1 heterocycles. The maximum atomic E-state index is 12.0. The highest BCUT2D eigenvalue weighted by Crippen LogP contribution is 2.19. The molecule has 2 aromatic rings. The molecule has 1 aromatic carbocycles. The van der Waals surface area contributed by atoms with Crippen LogP contribution in [0.4, 0.5) is 5.82 Å². The van der Waals surface area contributed by atoms with Gasteiger partial charge in [0.2, 0.25) is 0 Å². The van der Waals surface area contributed by atoms with E-state index in [1.54, 1.807) is 13.0 Å². The van der Waals surface area contributed by atoms with Crippen LogP contribution in [0.3, 0.4) is 0 Å². The molecule has 3 rings (SSSR count). The van der Waals surface area contributed by atoms with Crippen molar-refractivity contribution in [1.82, 2.24) is 15.3 Å². The van der Waals surface area contributed by atoms with Gasteiger partial charge in [0.05, 0.1) is 0 Å². The first-order valence-electron chi connectivity index (χ1n) is 7.15. The molecule has 1 amide bonds. The summed E-state index contributed by atoms with van der Waals surface area (Å²) in [5.74, 6) is 1.15. The van der Waals surface area contributed by atoms with Crippen molar-refractivity contribution in [3.8, 4) is 0 Å². The molecule has 0 bridgehead atoms. The van der Waals surface area contributed by atoms with Gasteiger partial charge in [0.1, 0.15) is 17.3 Å². The Labute approximate surface area is 123 Å². The summed E-state index contributed by atoms with van der Waals surface area (Å²) in [6.45, 7) is 2.46. The Morgan fingerprint density at radius 3 is 2.71 bits per heavy atom. The predicted octanol–water partition coefficient (Wildman–Crippen LogP) is 2.29. The summed E-state index contributed by atoms with van der Waals surface area (Å²) in [5.41, 5.74) is 1.59. The van der Waals surface area contributed by atoms with Crippen molar-refractivity contribution in [3.05, 3.63) is 53.5 Å². The number of hydrogen-bond acceptors (Lipinski definition) is 4. The van der Waals surface area contributed by atoms with Gasteiger partial charge in [0, 0.05) is 18.7 Å². The molecule has 0 radical (unpaired) electrons. The number of rotatable bonds is 5. The molecule has 108 valence electrons. The summed E-state index contributed by atoms with van der Waals surface area (Å²) < 4.78 is 0. The Morgan fingerprint density at radius 1 is 1.24 bits per heavy atom. The number of nitrogens with zero attached hydrogens (tertiary/aromatic N) is 2. The van der Waals surface area contributed by atoms with Crippen LogP contribution in [-0.2, 0) is 6.54 Å². The van der Waals surface area contributed by atoms with Crippen LogP contribution in [0.1, 0.15) is 34.7 Å². The highest BCUT2D eigenvalue weighted by Gasteiger charge is 2.24. The Hall–Kier alpha value is -2.43. The lowest BCUT2D eigenvalue weighted by Gasteiger charge is -2.09. The van der Waals surface area contributed by atoms with E-state index in [4.69, 9.17) is 0 Å². The van der Waals surface area contributed by atoms with Gasteiger partial charge in [0.25, 0.3) is 5.91 Å². The number of aromatic nitrogens is 2. The molecule has 1 aliphatic rings. The third kappa shape index (κ3) is 3.78. The smallest absolute Gasteiger partial charge is 0.270 e. The zero-order valence-corrected chi connectivity index (χ0v) is 12.0. The fourth-order valence-electron chi connectivity index (χ4n) is 2.05. The van der Waals surface area contributed by atoms with Crippen molar-refractivity contribution in [2.75, 3.05) is 5.32 Å². The van der Waals surface area contributed by atoms with Gasteiger partial charge >= 0.3 is 0 Å². The van der Waals surface area contributed by atoms with Gasteiger partial charge < -0.3 is 10.6 Å². The molecule has 0 atom stereocenters. The SMILES string of the molecule is Cc1nc(NCc2ccccc2)cc(C(=O)NC2CC2)n1. The first-order chi connectivity index (χ1) is 10.2. The summed E-state index contributed by atoms with van der Waals surface area (Å²) in [4.78, 5) is 20.6. The normalized spacial score (nSPS) is 13.8. The number of carbonyl (C=O) groups excluding carboxylic acids is 1. The Morgan fingerprint density at radius 2 is 2.00 bits per heavy atom. The van der Waals surface area contributed by atoms with Crippen molar-refractivity contribution < 1.29 is 4.79 Å². The van der Waals surface area contributed by atoms with E-state index in [1.165, 1.54) is 0 Å². The minimum absolute atomic E-state index is 0.120. The van der Waals surface area contributed by atoms with E-state index in [0.717, 1.165) is 18.4 Å². The van der Waals surface area contributed by atoms with E-state index in [1.807, 2.05) is 30.3 Å². The average Bonchev–Trinajstić information content (AvgIpc) is 3.29. The van der Waals surface area contributed by atoms with Gasteiger partial charge in [-0.1, -0.05) is 30.3 Å². The summed E-state index contributed by atoms with van der Waals surface area (Å²) in [6.07, 6.45) is 2.13. The van der Waals surface area contributed by atoms with Gasteiger partial charge in [0.15, 0.2) is 0 Å². The molecule has 5 heteroatoms. The van der Waals surface area contributed by atoms with E-state index in [-0.39, 0.29) is 5.91 Å². The standard InChI is InChI=1S/C16H18N4O/c1-11-18-14(16(21)20-13-7-8-13)9-15(19-11)17-10-12-5-3-2-4-6-12/h2-6,9,13H,7-8,10H2,1H3,(H,20,21)(H,17,18,19). The molecule has 2 N–H and O–H groups in total. The van der Waals surface area contributed by atoms with E-state index >= 15 is 0 Å². The largest absolute Gasteiger partial charge is 0.366 e. The maximum Gasteiger partial charge on any atom is 0.270 e. The number of hydrogen-bond donors (Lipinski definition) is 2. The first kappa shape index (κ1) is 13.5. The molecular weight excluding hydrogens is 264 g/mol. The molecule has 1 aromatic heterocycles. The van der Waals surface area contributed by atoms with Gasteiger partial charge in [-0.2, -0.15) is 0 Å². The molecule has 1 fully saturated rings. The highest BCUT2D eigenvalue weighted by atomic mass is 16.2. The summed E-state index contributed by atoms with van der Waals surface area (Å²) in [6, 6.07) is 12.1. The van der Waals surface area contributed by atoms with Crippen LogP contribution < -0.4 is 10.6 Å². The molecule has 0 saturated heterocycles. The predicted molar refractivity (Wildman–Crippen MR) is 81.0 cm³/mol. The number of benzene rings is 1. The summed E-state index contributed by atoms with van der Waals surface area (Å²) >= 11 is 0. The van der Waals surface area contributed by atoms with Gasteiger partial charge in [-0.25, -0.2) is 9.97 Å². The maximum absolute atomic E-state index is 12.0. The number of aryl methyl sites for hydroxylation is 1. The Bertz CT molecular complexity index is 638. The average molecular weight is 282 g/mol. The number of anilines is 1. The van der Waals surface area contributed by atoms with Crippen LogP contribution >= 0.6 is 0 Å². The van der Waals surface area contributed by atoms with Crippen molar-refractivity contribution >= 4 is 11.7 Å². The van der Waals surface area contributed by atoms with E-state index < -0.39 is 0 Å². The fraction of sp³-hybridized carbons (Fsp3) is 0.312. The molecule has 0 unspecified atom stereocenters. The minimum atomic E-state index is -0.120.